The zero-order valence-corrected chi connectivity index (χ0v) is 74.6. The van der Waals surface area contributed by atoms with E-state index in [-0.39, 0.29) is 10.8 Å². The first-order valence-electron chi connectivity index (χ1n) is 43.9. The summed E-state index contributed by atoms with van der Waals surface area (Å²) in [5, 5.41) is 20.0. The molecule has 0 bridgehead atoms. The van der Waals surface area contributed by atoms with E-state index in [0.29, 0.717) is 5.92 Å². The molecule has 119 heavy (non-hydrogen) atoms. The smallest absolute Gasteiger partial charge is 0.123 e. The van der Waals surface area contributed by atoms with Crippen molar-refractivity contribution >= 4 is 136 Å². The highest BCUT2D eigenvalue weighted by Gasteiger charge is 2.46. The van der Waals surface area contributed by atoms with Crippen molar-refractivity contribution in [2.45, 2.75) is 149 Å². The van der Waals surface area contributed by atoms with Crippen LogP contribution in [0.25, 0.3) is 109 Å². The van der Waals surface area contributed by atoms with Gasteiger partial charge in [-0.1, -0.05) is 319 Å². The average Bonchev–Trinajstić information content (AvgIpc) is 1.44. The molecule has 1 saturated carbocycles. The Balaban J connectivity index is 0.000000105. The first-order valence-corrected chi connectivity index (χ1v) is 49.3. The van der Waals surface area contributed by atoms with Crippen molar-refractivity contribution in [3.63, 3.8) is 0 Å². The molecular formula is C113H112N4Si2. The lowest BCUT2D eigenvalue weighted by molar-refractivity contribution is 0.596. The van der Waals surface area contributed by atoms with Gasteiger partial charge in [-0.3, -0.25) is 0 Å². The Bertz CT molecular complexity index is 6760. The Kier molecular flexibility index (Phi) is 19.3. The minimum atomic E-state index is -1.92. The van der Waals surface area contributed by atoms with E-state index in [1.165, 1.54) is 226 Å². The molecule has 4 nitrogen and oxygen atoms in total. The third-order valence-corrected chi connectivity index (χ3v) is 37.8. The molecule has 6 heteroatoms. The minimum Gasteiger partial charge on any atom is -0.345 e. The monoisotopic (exact) mass is 1580 g/mol. The lowest BCUT2D eigenvalue weighted by Gasteiger charge is -2.44. The molecule has 1 unspecified atom stereocenters. The van der Waals surface area contributed by atoms with Crippen LogP contribution >= 0.6 is 0 Å². The van der Waals surface area contributed by atoms with Gasteiger partial charge in [0.1, 0.15) is 16.1 Å². The molecule has 6 aliphatic rings. The lowest BCUT2D eigenvalue weighted by atomic mass is 9.81. The zero-order valence-electron chi connectivity index (χ0n) is 72.6. The molecule has 0 spiro atoms. The molecule has 0 aromatic heterocycles. The van der Waals surface area contributed by atoms with Gasteiger partial charge in [-0.15, -0.1) is 0 Å². The number of nitrogens with zero attached hydrogens (tertiary/aromatic N) is 4. The second kappa shape index (κ2) is 29.8. The highest BCUT2D eigenvalue weighted by atomic mass is 28.3. The maximum absolute atomic E-state index is 2.52. The molecule has 1 atom stereocenters. The molecule has 2 aliphatic carbocycles. The largest absolute Gasteiger partial charge is 0.345 e. The van der Waals surface area contributed by atoms with Crippen LogP contribution in [-0.2, 0) is 10.8 Å². The fourth-order valence-electron chi connectivity index (χ4n) is 22.0. The fraction of sp³-hybridized carbons (Fsp3) is 0.239. The number of hydrogen-bond acceptors (Lipinski definition) is 4. The zero-order chi connectivity index (χ0) is 82.3. The van der Waals surface area contributed by atoms with E-state index in [0.717, 1.165) is 12.3 Å². The van der Waals surface area contributed by atoms with Crippen LogP contribution in [0.5, 0.6) is 0 Å². The van der Waals surface area contributed by atoms with Gasteiger partial charge in [-0.2, -0.15) is 0 Å². The molecule has 592 valence electrons. The maximum Gasteiger partial charge on any atom is 0.123 e. The number of fused-ring (bicyclic) bond motifs is 23. The first-order chi connectivity index (χ1) is 57.5. The third-order valence-electron chi connectivity index (χ3n) is 28.9. The number of anilines is 8. The Morgan fingerprint density at radius 1 is 0.361 bits per heavy atom. The second-order valence-electron chi connectivity index (χ2n) is 37.1. The summed E-state index contributed by atoms with van der Waals surface area (Å²) in [4.78, 5) is 9.68. The van der Waals surface area contributed by atoms with E-state index in [9.17, 15) is 0 Å². The van der Waals surface area contributed by atoms with Crippen LogP contribution in [0, 0.1) is 6.92 Å². The van der Waals surface area contributed by atoms with Crippen molar-refractivity contribution in [2.75, 3.05) is 47.8 Å². The summed E-state index contributed by atoms with van der Waals surface area (Å²) in [5.74, 6) is 1.28. The van der Waals surface area contributed by atoms with E-state index in [4.69, 9.17) is 0 Å². The Morgan fingerprint density at radius 2 is 0.782 bits per heavy atom. The molecule has 0 amide bonds. The van der Waals surface area contributed by atoms with Crippen molar-refractivity contribution in [3.05, 3.63) is 325 Å². The molecule has 0 N–H and O–H groups in total. The summed E-state index contributed by atoms with van der Waals surface area (Å²) >= 11 is 0. The second-order valence-corrected chi connectivity index (χ2v) is 46.0. The van der Waals surface area contributed by atoms with Gasteiger partial charge >= 0.3 is 0 Å². The Hall–Kier alpha value is -11.5. The third kappa shape index (κ3) is 12.6. The summed E-state index contributed by atoms with van der Waals surface area (Å²) in [6, 6.07) is 112. The van der Waals surface area contributed by atoms with Gasteiger partial charge in [0.2, 0.25) is 0 Å². The van der Waals surface area contributed by atoms with E-state index in [1.807, 2.05) is 0 Å². The molecule has 16 aromatic rings. The summed E-state index contributed by atoms with van der Waals surface area (Å²) < 4.78 is 0. The minimum absolute atomic E-state index is 0.00262. The predicted octanol–water partition coefficient (Wildman–Crippen LogP) is 29.0. The Morgan fingerprint density at radius 3 is 1.34 bits per heavy atom. The summed E-state index contributed by atoms with van der Waals surface area (Å²) in [5.41, 5.74) is 33.0. The van der Waals surface area contributed by atoms with Crippen molar-refractivity contribution in [1.29, 1.82) is 0 Å². The maximum atomic E-state index is 2.52. The average molecular weight is 1580 g/mol. The van der Waals surface area contributed by atoms with Crippen LogP contribution in [-0.4, -0.2) is 44.3 Å². The summed E-state index contributed by atoms with van der Waals surface area (Å²) in [7, 11) is 5.23. The number of rotatable bonds is 5. The molecule has 16 aromatic carbocycles. The van der Waals surface area contributed by atoms with Gasteiger partial charge in [0.05, 0.1) is 0 Å². The summed E-state index contributed by atoms with van der Waals surface area (Å²) in [6.07, 6.45) is 6.56. The fourth-order valence-corrected chi connectivity index (χ4v) is 30.5. The molecule has 4 heterocycles. The molecule has 0 saturated heterocycles. The van der Waals surface area contributed by atoms with Crippen LogP contribution in [0.3, 0.4) is 0 Å². The molecule has 22 rings (SSSR count). The van der Waals surface area contributed by atoms with E-state index in [1.54, 1.807) is 20.7 Å². The van der Waals surface area contributed by atoms with Gasteiger partial charge < -0.3 is 19.6 Å². The van der Waals surface area contributed by atoms with E-state index < -0.39 is 16.1 Å². The van der Waals surface area contributed by atoms with Gasteiger partial charge in [-0.25, -0.2) is 0 Å². The van der Waals surface area contributed by atoms with Crippen molar-refractivity contribution in [2.24, 2.45) is 0 Å². The van der Waals surface area contributed by atoms with Crippen LogP contribution in [0.15, 0.2) is 291 Å². The van der Waals surface area contributed by atoms with Crippen molar-refractivity contribution in [3.8, 4) is 55.6 Å². The van der Waals surface area contributed by atoms with Gasteiger partial charge in [0.15, 0.2) is 0 Å². The van der Waals surface area contributed by atoms with Gasteiger partial charge in [-0.05, 0) is 258 Å². The molecular weight excluding hydrogens is 1470 g/mol. The van der Waals surface area contributed by atoms with Crippen LogP contribution in [0.1, 0.15) is 140 Å². The number of aryl methyl sites for hydroxylation is 1. The summed E-state index contributed by atoms with van der Waals surface area (Å²) in [6.45, 7) is 28.5. The predicted molar refractivity (Wildman–Crippen MR) is 524 cm³/mol. The highest BCUT2D eigenvalue weighted by Crippen LogP contribution is 2.57. The number of benzene rings is 16. The normalized spacial score (nSPS) is 15.4. The first kappa shape index (κ1) is 77.4. The van der Waals surface area contributed by atoms with Crippen molar-refractivity contribution in [1.82, 2.24) is 0 Å². The number of hydrogen-bond donors (Lipinski definition) is 0. The van der Waals surface area contributed by atoms with Crippen LogP contribution < -0.4 is 40.3 Å². The lowest BCUT2D eigenvalue weighted by Crippen LogP contribution is -2.62. The SMILES string of the molecule is CCC(C)c1ccc2c(c1)-c1ccccc1-c1cc3c(cc1N2C)-c1ccccc1C3(C)C.CC[Si]1(CC)c2cc3ccccc3cc2N(C)c2cc(C(C)(C)C)c3ccccc3c21.CN1c2ccc(C3CCCC3)cc2-c2ccccc2-c2cc3ccccc3cc21.Cc1c2c(cc3ccccc13)N(C)c1cc3ccccc3cc1[Si]2(C)C. The molecule has 4 aliphatic heterocycles. The van der Waals surface area contributed by atoms with E-state index >= 15 is 0 Å². The van der Waals surface area contributed by atoms with Gasteiger partial charge in [0, 0.05) is 101 Å². The molecule has 1 fully saturated rings. The highest BCUT2D eigenvalue weighted by molar-refractivity contribution is 7.06. The topological polar surface area (TPSA) is 13.0 Å². The van der Waals surface area contributed by atoms with Crippen LogP contribution in [0.4, 0.5) is 45.5 Å². The molecule has 0 radical (unpaired) electrons. The standard InChI is InChI=1S/C32H31N.C29H33NSi.C28H25N.C24H23NSi/c1-6-20(2)21-15-16-30-26(17-21)22-11-7-8-12-23(22)27-18-29-25(19-31(27)33(30)5)24-13-9-10-14-28(24)32(29,3)4;1-7-31(8-2)27-18-21-14-10-9-13-20(21)17-25(27)30(6)26-19-24(29(3,4)5)22-15-11-12-16-23(22)28(26)31;1-29-27-15-14-22(19-8-2-3-9-19)17-25(27)23-12-6-7-13-24(23)26-16-20-10-4-5-11-21(20)18-28(26)29;1-16-20-12-8-7-11-19(20)14-22-24(16)26(3,4)23-15-18-10-6-5-9-17(18)13-21(23)25(22)2/h7-20H,6H2,1-5H3;9-19H,7-8H2,1-6H3;4-7,10-19H,2-3,8-9H2,1H3;5-15H,1-4H3. The van der Waals surface area contributed by atoms with E-state index in [2.05, 4.69) is 421 Å². The Labute approximate surface area is 708 Å². The van der Waals surface area contributed by atoms with Crippen LogP contribution in [0.2, 0.25) is 25.2 Å². The van der Waals surface area contributed by atoms with Gasteiger partial charge in [0.25, 0.3) is 0 Å². The van der Waals surface area contributed by atoms with Crippen molar-refractivity contribution < 1.29 is 0 Å². The quantitative estimate of drug-likeness (QED) is 0.159.